The lowest BCUT2D eigenvalue weighted by Gasteiger charge is -2.16. The Morgan fingerprint density at radius 2 is 1.96 bits per heavy atom. The fourth-order valence-corrected chi connectivity index (χ4v) is 3.23. The summed E-state index contributed by atoms with van der Waals surface area (Å²) in [6.45, 7) is 0.918. The summed E-state index contributed by atoms with van der Waals surface area (Å²) in [4.78, 5) is 25.7. The molecule has 0 spiro atoms. The van der Waals surface area contributed by atoms with E-state index in [1.165, 1.54) is 0 Å². The minimum absolute atomic E-state index is 0.106. The third kappa shape index (κ3) is 2.76. The van der Waals surface area contributed by atoms with Crippen LogP contribution in [0.2, 0.25) is 0 Å². The third-order valence-corrected chi connectivity index (χ3v) is 4.64. The predicted octanol–water partition coefficient (Wildman–Crippen LogP) is 2.44. The number of nitrogens with two attached hydrogens (primary N) is 1. The first-order valence-electron chi connectivity index (χ1n) is 8.17. The molecule has 2 N–H and O–H groups in total. The normalized spacial score (nSPS) is 17.1. The maximum Gasteiger partial charge on any atom is 0.253 e. The molecule has 2 aromatic carbocycles. The standard InChI is InChI=1S/C19H17N3O3/c20-18(23)14-8-9-22(11-14)19(24)13-6-7-16-15(10-13)17(25-21-16)12-4-2-1-3-5-12/h1-7,10,14H,8-9,11H2,(H2,20,23). The first-order valence-corrected chi connectivity index (χ1v) is 8.17. The summed E-state index contributed by atoms with van der Waals surface area (Å²) in [5, 5.41) is 4.86. The van der Waals surface area contributed by atoms with Gasteiger partial charge in [0.05, 0.1) is 11.3 Å². The molecule has 4 rings (SSSR count). The molecule has 0 aliphatic carbocycles. The van der Waals surface area contributed by atoms with Gasteiger partial charge < -0.3 is 15.2 Å². The highest BCUT2D eigenvalue weighted by Gasteiger charge is 2.30. The molecule has 6 heteroatoms. The van der Waals surface area contributed by atoms with Crippen LogP contribution in [0.4, 0.5) is 0 Å². The van der Waals surface area contributed by atoms with Crippen molar-refractivity contribution in [3.05, 3.63) is 54.1 Å². The smallest absolute Gasteiger partial charge is 0.253 e. The maximum atomic E-state index is 12.8. The second-order valence-electron chi connectivity index (χ2n) is 6.25. The molecule has 0 saturated carbocycles. The number of carbonyl (C=O) groups excluding carboxylic acids is 2. The zero-order valence-corrected chi connectivity index (χ0v) is 13.5. The minimum atomic E-state index is -0.351. The van der Waals surface area contributed by atoms with Crippen LogP contribution in [-0.2, 0) is 4.79 Å². The van der Waals surface area contributed by atoms with Gasteiger partial charge in [0.25, 0.3) is 5.91 Å². The van der Waals surface area contributed by atoms with E-state index in [1.54, 1.807) is 23.1 Å². The van der Waals surface area contributed by atoms with E-state index in [-0.39, 0.29) is 17.7 Å². The van der Waals surface area contributed by atoms with Gasteiger partial charge in [-0.2, -0.15) is 0 Å². The molecule has 1 atom stereocenters. The lowest BCUT2D eigenvalue weighted by Crippen LogP contribution is -2.31. The summed E-state index contributed by atoms with van der Waals surface area (Å²) in [7, 11) is 0. The third-order valence-electron chi connectivity index (χ3n) is 4.64. The molecule has 0 bridgehead atoms. The van der Waals surface area contributed by atoms with E-state index in [4.69, 9.17) is 10.3 Å². The van der Waals surface area contributed by atoms with Crippen molar-refractivity contribution in [3.8, 4) is 11.3 Å². The highest BCUT2D eigenvalue weighted by molar-refractivity contribution is 6.01. The second-order valence-corrected chi connectivity index (χ2v) is 6.25. The summed E-state index contributed by atoms with van der Waals surface area (Å²) in [6, 6.07) is 15.0. The van der Waals surface area contributed by atoms with Crippen LogP contribution in [0.5, 0.6) is 0 Å². The van der Waals surface area contributed by atoms with Crippen molar-refractivity contribution in [1.29, 1.82) is 0 Å². The largest absolute Gasteiger partial charge is 0.369 e. The van der Waals surface area contributed by atoms with E-state index < -0.39 is 0 Å². The number of hydrogen-bond acceptors (Lipinski definition) is 4. The minimum Gasteiger partial charge on any atom is -0.369 e. The van der Waals surface area contributed by atoms with Crippen molar-refractivity contribution >= 4 is 22.7 Å². The zero-order chi connectivity index (χ0) is 17.4. The Bertz CT molecular complexity index is 949. The average Bonchev–Trinajstić information content (AvgIpc) is 3.28. The van der Waals surface area contributed by atoms with E-state index in [9.17, 15) is 9.59 Å². The Morgan fingerprint density at radius 1 is 1.16 bits per heavy atom. The summed E-state index contributed by atoms with van der Waals surface area (Å²) >= 11 is 0. The van der Waals surface area contributed by atoms with E-state index in [1.807, 2.05) is 30.3 Å². The molecule has 2 heterocycles. The van der Waals surface area contributed by atoms with Gasteiger partial charge in [-0.15, -0.1) is 0 Å². The molecule has 25 heavy (non-hydrogen) atoms. The molecule has 0 radical (unpaired) electrons. The van der Waals surface area contributed by atoms with Crippen LogP contribution in [-0.4, -0.2) is 35.0 Å². The number of carbonyl (C=O) groups is 2. The topological polar surface area (TPSA) is 89.4 Å². The Balaban J connectivity index is 1.67. The van der Waals surface area contributed by atoms with Crippen LogP contribution < -0.4 is 5.73 Å². The predicted molar refractivity (Wildman–Crippen MR) is 92.6 cm³/mol. The van der Waals surface area contributed by atoms with E-state index in [0.717, 1.165) is 10.9 Å². The Labute approximate surface area is 144 Å². The average molecular weight is 335 g/mol. The lowest BCUT2D eigenvalue weighted by molar-refractivity contribution is -0.121. The number of hydrogen-bond donors (Lipinski definition) is 1. The number of aromatic nitrogens is 1. The molecular weight excluding hydrogens is 318 g/mol. The highest BCUT2D eigenvalue weighted by Crippen LogP contribution is 2.30. The van der Waals surface area contributed by atoms with Gasteiger partial charge in [0.2, 0.25) is 5.91 Å². The van der Waals surface area contributed by atoms with Crippen LogP contribution in [0.15, 0.2) is 53.1 Å². The maximum absolute atomic E-state index is 12.8. The van der Waals surface area contributed by atoms with Gasteiger partial charge in [0.1, 0.15) is 5.52 Å². The summed E-state index contributed by atoms with van der Waals surface area (Å²) in [5.74, 6) is -0.0770. The Morgan fingerprint density at radius 3 is 2.68 bits per heavy atom. The Kier molecular flexibility index (Phi) is 3.72. The van der Waals surface area contributed by atoms with Gasteiger partial charge in [0.15, 0.2) is 5.76 Å². The van der Waals surface area contributed by atoms with Crippen molar-refractivity contribution in [2.45, 2.75) is 6.42 Å². The fraction of sp³-hybridized carbons (Fsp3) is 0.211. The van der Waals surface area contributed by atoms with Gasteiger partial charge in [0, 0.05) is 24.2 Å². The molecule has 126 valence electrons. The fourth-order valence-electron chi connectivity index (χ4n) is 3.23. The number of primary amides is 1. The number of fused-ring (bicyclic) bond motifs is 1. The van der Waals surface area contributed by atoms with E-state index in [0.29, 0.717) is 36.4 Å². The van der Waals surface area contributed by atoms with Crippen molar-refractivity contribution in [3.63, 3.8) is 0 Å². The van der Waals surface area contributed by atoms with E-state index in [2.05, 4.69) is 5.16 Å². The Hall–Kier alpha value is -3.15. The number of rotatable bonds is 3. The molecule has 2 amide bonds. The van der Waals surface area contributed by atoms with Crippen LogP contribution in [0, 0.1) is 5.92 Å². The van der Waals surface area contributed by atoms with Crippen LogP contribution >= 0.6 is 0 Å². The van der Waals surface area contributed by atoms with Crippen LogP contribution in [0.1, 0.15) is 16.8 Å². The SMILES string of the molecule is NC(=O)C1CCN(C(=O)c2ccc3noc(-c4ccccc4)c3c2)C1. The van der Waals surface area contributed by atoms with E-state index >= 15 is 0 Å². The number of amides is 2. The summed E-state index contributed by atoms with van der Waals surface area (Å²) in [6.07, 6.45) is 0.617. The summed E-state index contributed by atoms with van der Waals surface area (Å²) in [5.41, 5.74) is 7.51. The molecule has 1 aliphatic rings. The van der Waals surface area contributed by atoms with Crippen LogP contribution in [0.3, 0.4) is 0 Å². The van der Waals surface area contributed by atoms with Crippen LogP contribution in [0.25, 0.3) is 22.2 Å². The molecular formula is C19H17N3O3. The van der Waals surface area contributed by atoms with Gasteiger partial charge in [-0.05, 0) is 24.6 Å². The summed E-state index contributed by atoms with van der Waals surface area (Å²) < 4.78 is 5.47. The van der Waals surface area contributed by atoms with Crippen molar-refractivity contribution < 1.29 is 14.1 Å². The van der Waals surface area contributed by atoms with Gasteiger partial charge in [-0.3, -0.25) is 9.59 Å². The molecule has 1 fully saturated rings. The second kappa shape index (κ2) is 6.05. The zero-order valence-electron chi connectivity index (χ0n) is 13.5. The van der Waals surface area contributed by atoms with Crippen molar-refractivity contribution in [2.75, 3.05) is 13.1 Å². The van der Waals surface area contributed by atoms with Gasteiger partial charge >= 0.3 is 0 Å². The molecule has 1 unspecified atom stereocenters. The number of likely N-dealkylation sites (tertiary alicyclic amines) is 1. The first-order chi connectivity index (χ1) is 12.1. The number of nitrogens with zero attached hydrogens (tertiary/aromatic N) is 2. The molecule has 3 aromatic rings. The number of benzene rings is 2. The van der Waals surface area contributed by atoms with Gasteiger partial charge in [-0.1, -0.05) is 35.5 Å². The molecule has 6 nitrogen and oxygen atoms in total. The first kappa shape index (κ1) is 15.4. The lowest BCUT2D eigenvalue weighted by atomic mass is 10.1. The van der Waals surface area contributed by atoms with Crippen molar-refractivity contribution in [1.82, 2.24) is 10.1 Å². The monoisotopic (exact) mass is 335 g/mol. The van der Waals surface area contributed by atoms with Crippen molar-refractivity contribution in [2.24, 2.45) is 11.7 Å². The molecule has 1 saturated heterocycles. The molecule has 1 aliphatic heterocycles. The molecule has 1 aromatic heterocycles. The van der Waals surface area contributed by atoms with Gasteiger partial charge in [-0.25, -0.2) is 0 Å². The highest BCUT2D eigenvalue weighted by atomic mass is 16.5. The quantitative estimate of drug-likeness (QED) is 0.796.